The lowest BCUT2D eigenvalue weighted by atomic mass is 10.3. The first-order chi connectivity index (χ1) is 6.66. The molecule has 0 aliphatic heterocycles. The SMILES string of the molecule is CCOC(=O)C(C[O])(OCC)OCC. The molecule has 1 radical (unpaired) electrons. The molecule has 0 rings (SSSR count). The number of rotatable bonds is 7. The molecule has 5 heteroatoms. The number of ether oxygens (including phenoxy) is 3. The molecule has 0 aromatic carbocycles. The van der Waals surface area contributed by atoms with Gasteiger partial charge in [0.05, 0.1) is 6.61 Å². The third-order valence-corrected chi connectivity index (χ3v) is 1.53. The van der Waals surface area contributed by atoms with Crippen LogP contribution in [0.25, 0.3) is 0 Å². The molecule has 83 valence electrons. The zero-order chi connectivity index (χ0) is 11.0. The van der Waals surface area contributed by atoms with Crippen LogP contribution in [0.2, 0.25) is 0 Å². The highest BCUT2D eigenvalue weighted by molar-refractivity contribution is 5.78. The summed E-state index contributed by atoms with van der Waals surface area (Å²) in [5.74, 6) is -2.52. The largest absolute Gasteiger partial charge is 0.462 e. The van der Waals surface area contributed by atoms with Crippen LogP contribution in [0, 0.1) is 0 Å². The second-order valence-electron chi connectivity index (χ2n) is 2.48. The van der Waals surface area contributed by atoms with Crippen LogP contribution in [-0.2, 0) is 24.1 Å². The summed E-state index contributed by atoms with van der Waals surface area (Å²) < 4.78 is 14.8. The normalized spacial score (nSPS) is 11.4. The highest BCUT2D eigenvalue weighted by Crippen LogP contribution is 2.15. The Kier molecular flexibility index (Phi) is 6.44. The Morgan fingerprint density at radius 1 is 1.07 bits per heavy atom. The molecule has 0 aliphatic rings. The predicted molar refractivity (Wildman–Crippen MR) is 48.2 cm³/mol. The van der Waals surface area contributed by atoms with E-state index in [0.29, 0.717) is 0 Å². The van der Waals surface area contributed by atoms with Gasteiger partial charge in [0.2, 0.25) is 0 Å². The molecule has 14 heavy (non-hydrogen) atoms. The smallest absolute Gasteiger partial charge is 0.369 e. The maximum atomic E-state index is 11.4. The van der Waals surface area contributed by atoms with E-state index in [4.69, 9.17) is 14.2 Å². The summed E-state index contributed by atoms with van der Waals surface area (Å²) in [5.41, 5.74) is 0. The van der Waals surface area contributed by atoms with E-state index in [1.807, 2.05) is 0 Å². The Morgan fingerprint density at radius 3 is 1.86 bits per heavy atom. The van der Waals surface area contributed by atoms with Gasteiger partial charge in [-0.1, -0.05) is 0 Å². The van der Waals surface area contributed by atoms with Crippen molar-refractivity contribution in [2.45, 2.75) is 26.6 Å². The van der Waals surface area contributed by atoms with E-state index >= 15 is 0 Å². The van der Waals surface area contributed by atoms with Crippen molar-refractivity contribution in [2.24, 2.45) is 0 Å². The molecule has 0 aromatic heterocycles. The van der Waals surface area contributed by atoms with Gasteiger partial charge in [0.15, 0.2) is 0 Å². The molecular weight excluding hydrogens is 188 g/mol. The zero-order valence-corrected chi connectivity index (χ0v) is 8.87. The fourth-order valence-electron chi connectivity index (χ4n) is 1.01. The predicted octanol–water partition coefficient (Wildman–Crippen LogP) is 0.749. The zero-order valence-electron chi connectivity index (χ0n) is 8.87. The molecule has 0 unspecified atom stereocenters. The van der Waals surface area contributed by atoms with Gasteiger partial charge in [-0.3, -0.25) is 0 Å². The maximum Gasteiger partial charge on any atom is 0.369 e. The second kappa shape index (κ2) is 6.75. The van der Waals surface area contributed by atoms with E-state index < -0.39 is 18.4 Å². The van der Waals surface area contributed by atoms with Crippen LogP contribution in [0.1, 0.15) is 20.8 Å². The minimum atomic E-state index is -1.76. The van der Waals surface area contributed by atoms with Crippen LogP contribution in [0.4, 0.5) is 0 Å². The van der Waals surface area contributed by atoms with Gasteiger partial charge in [0, 0.05) is 13.2 Å². The molecule has 0 heterocycles. The third-order valence-electron chi connectivity index (χ3n) is 1.53. The van der Waals surface area contributed by atoms with Crippen molar-refractivity contribution in [3.05, 3.63) is 0 Å². The van der Waals surface area contributed by atoms with Gasteiger partial charge in [0.25, 0.3) is 5.79 Å². The first-order valence-corrected chi connectivity index (χ1v) is 4.70. The number of hydrogen-bond acceptors (Lipinski definition) is 4. The van der Waals surface area contributed by atoms with Crippen LogP contribution in [0.5, 0.6) is 0 Å². The summed E-state index contributed by atoms with van der Waals surface area (Å²) >= 11 is 0. The average Bonchev–Trinajstić information content (AvgIpc) is 2.17. The standard InChI is InChI=1S/C9H17O5/c1-4-12-8(11)9(7-10,13-5-2)14-6-3/h4-7H2,1-3H3. The summed E-state index contributed by atoms with van der Waals surface area (Å²) in [7, 11) is 0. The molecule has 0 N–H and O–H groups in total. The fraction of sp³-hybridized carbons (Fsp3) is 0.889. The monoisotopic (exact) mass is 205 g/mol. The molecule has 0 aliphatic carbocycles. The number of esters is 1. The first kappa shape index (κ1) is 13.4. The lowest BCUT2D eigenvalue weighted by Gasteiger charge is -2.27. The number of hydrogen-bond donors (Lipinski definition) is 0. The molecule has 0 spiro atoms. The van der Waals surface area contributed by atoms with Crippen molar-refractivity contribution >= 4 is 5.97 Å². The van der Waals surface area contributed by atoms with Crippen molar-refractivity contribution < 1.29 is 24.1 Å². The molecule has 0 atom stereocenters. The lowest BCUT2D eigenvalue weighted by molar-refractivity contribution is -0.263. The van der Waals surface area contributed by atoms with E-state index in [2.05, 4.69) is 0 Å². The van der Waals surface area contributed by atoms with E-state index in [1.54, 1.807) is 20.8 Å². The third kappa shape index (κ3) is 3.25. The van der Waals surface area contributed by atoms with Crippen LogP contribution < -0.4 is 0 Å². The van der Waals surface area contributed by atoms with Crippen molar-refractivity contribution in [3.8, 4) is 0 Å². The van der Waals surface area contributed by atoms with Crippen molar-refractivity contribution in [1.29, 1.82) is 0 Å². The Labute approximate surface area is 84.0 Å². The number of carbonyl (C=O) groups excluding carboxylic acids is 1. The lowest BCUT2D eigenvalue weighted by Crippen LogP contribution is -2.48. The van der Waals surface area contributed by atoms with Crippen LogP contribution >= 0.6 is 0 Å². The average molecular weight is 205 g/mol. The summed E-state index contributed by atoms with van der Waals surface area (Å²) in [4.78, 5) is 11.4. The van der Waals surface area contributed by atoms with Gasteiger partial charge < -0.3 is 14.2 Å². The van der Waals surface area contributed by atoms with Crippen molar-refractivity contribution in [1.82, 2.24) is 0 Å². The molecule has 0 saturated carbocycles. The molecule has 0 amide bonds. The van der Waals surface area contributed by atoms with Gasteiger partial charge in [-0.2, -0.15) is 0 Å². The highest BCUT2D eigenvalue weighted by atomic mass is 16.7. The Balaban J connectivity index is 4.54. The van der Waals surface area contributed by atoms with Gasteiger partial charge in [-0.25, -0.2) is 9.90 Å². The maximum absolute atomic E-state index is 11.4. The Hall–Kier alpha value is -0.650. The van der Waals surface area contributed by atoms with E-state index in [1.165, 1.54) is 0 Å². The molecule has 0 fully saturated rings. The van der Waals surface area contributed by atoms with E-state index in [-0.39, 0.29) is 19.8 Å². The Morgan fingerprint density at radius 2 is 1.57 bits per heavy atom. The molecule has 5 nitrogen and oxygen atoms in total. The van der Waals surface area contributed by atoms with Crippen LogP contribution in [0.15, 0.2) is 0 Å². The second-order valence-corrected chi connectivity index (χ2v) is 2.48. The van der Waals surface area contributed by atoms with Crippen LogP contribution in [-0.4, -0.2) is 38.2 Å². The first-order valence-electron chi connectivity index (χ1n) is 4.70. The van der Waals surface area contributed by atoms with Gasteiger partial charge >= 0.3 is 5.97 Å². The summed E-state index contributed by atoms with van der Waals surface area (Å²) in [6.07, 6.45) is 0. The molecule has 0 aromatic rings. The minimum Gasteiger partial charge on any atom is -0.462 e. The fourth-order valence-corrected chi connectivity index (χ4v) is 1.01. The molecule has 0 bridgehead atoms. The molecule has 0 saturated heterocycles. The van der Waals surface area contributed by atoms with Crippen molar-refractivity contribution in [2.75, 3.05) is 26.4 Å². The van der Waals surface area contributed by atoms with Gasteiger partial charge in [0.1, 0.15) is 6.61 Å². The number of carbonyl (C=O) groups is 1. The summed E-state index contributed by atoms with van der Waals surface area (Å²) in [6, 6.07) is 0. The van der Waals surface area contributed by atoms with E-state index in [9.17, 15) is 9.90 Å². The quantitative estimate of drug-likeness (QED) is 0.454. The van der Waals surface area contributed by atoms with Crippen LogP contribution in [0.3, 0.4) is 0 Å². The minimum absolute atomic E-state index is 0.195. The van der Waals surface area contributed by atoms with E-state index in [0.717, 1.165) is 0 Å². The summed E-state index contributed by atoms with van der Waals surface area (Å²) in [5, 5.41) is 10.9. The highest BCUT2D eigenvalue weighted by Gasteiger charge is 2.42. The molecular formula is C9H17O5. The Bertz CT molecular complexity index is 163. The van der Waals surface area contributed by atoms with Crippen molar-refractivity contribution in [3.63, 3.8) is 0 Å². The van der Waals surface area contributed by atoms with Gasteiger partial charge in [-0.15, -0.1) is 0 Å². The topological polar surface area (TPSA) is 64.7 Å². The summed E-state index contributed by atoms with van der Waals surface area (Å²) in [6.45, 7) is 4.87. The van der Waals surface area contributed by atoms with Gasteiger partial charge in [-0.05, 0) is 20.8 Å².